The minimum atomic E-state index is -1.01. The molecular weight excluding hydrogens is 322 g/mol. The van der Waals surface area contributed by atoms with E-state index >= 15 is 0 Å². The summed E-state index contributed by atoms with van der Waals surface area (Å²) in [6.45, 7) is -0.0402. The zero-order valence-corrected chi connectivity index (χ0v) is 13.4. The maximum absolute atomic E-state index is 12.5. The van der Waals surface area contributed by atoms with Gasteiger partial charge in [-0.2, -0.15) is 0 Å². The van der Waals surface area contributed by atoms with Crippen molar-refractivity contribution in [3.05, 3.63) is 59.7 Å². The average Bonchev–Trinajstić information content (AvgIpc) is 2.59. The van der Waals surface area contributed by atoms with E-state index in [1.54, 1.807) is 18.2 Å². The Morgan fingerprint density at radius 2 is 2.00 bits per heavy atom. The Kier molecular flexibility index (Phi) is 4.97. The summed E-state index contributed by atoms with van der Waals surface area (Å²) in [4.78, 5) is 23.4. The largest absolute Gasteiger partial charge is 0.480 e. The van der Waals surface area contributed by atoms with Crippen LogP contribution in [0.25, 0.3) is 0 Å². The first-order chi connectivity index (χ1) is 12.0. The van der Waals surface area contributed by atoms with Crippen LogP contribution in [-0.4, -0.2) is 29.6 Å². The first kappa shape index (κ1) is 16.9. The first-order valence-corrected chi connectivity index (χ1v) is 7.85. The third-order valence-electron chi connectivity index (χ3n) is 3.98. The van der Waals surface area contributed by atoms with Crippen LogP contribution in [0.15, 0.2) is 48.5 Å². The molecule has 2 aromatic rings. The highest BCUT2D eigenvalue weighted by Crippen LogP contribution is 2.33. The number of fused-ring (bicyclic) bond motifs is 1. The summed E-state index contributed by atoms with van der Waals surface area (Å²) in [6.07, 6.45) is -0.851. The van der Waals surface area contributed by atoms with Gasteiger partial charge in [0.15, 0.2) is 6.10 Å². The Hall–Kier alpha value is -2.90. The topological polar surface area (TPSA) is 114 Å². The molecule has 2 aromatic carbocycles. The van der Waals surface area contributed by atoms with Crippen molar-refractivity contribution in [1.29, 1.82) is 0 Å². The molecule has 0 saturated heterocycles. The molecule has 1 amide bonds. The Morgan fingerprint density at radius 1 is 1.24 bits per heavy atom. The number of ether oxygens (including phenoxy) is 1. The Labute approximate surface area is 144 Å². The first-order valence-electron chi connectivity index (χ1n) is 7.85. The van der Waals surface area contributed by atoms with E-state index in [2.05, 4.69) is 10.6 Å². The van der Waals surface area contributed by atoms with Crippen LogP contribution in [-0.2, 0) is 20.9 Å². The van der Waals surface area contributed by atoms with Crippen LogP contribution in [0.4, 0.5) is 11.4 Å². The number of nitrogen functional groups attached to an aromatic ring is 1. The second kappa shape index (κ2) is 7.33. The lowest BCUT2D eigenvalue weighted by Crippen LogP contribution is -2.47. The van der Waals surface area contributed by atoms with E-state index in [1.165, 1.54) is 0 Å². The molecule has 2 unspecified atom stereocenters. The van der Waals surface area contributed by atoms with Crippen LogP contribution in [0.5, 0.6) is 0 Å². The molecule has 0 aliphatic carbocycles. The summed E-state index contributed by atoms with van der Waals surface area (Å²) >= 11 is 0. The lowest BCUT2D eigenvalue weighted by atomic mass is 9.94. The summed E-state index contributed by atoms with van der Waals surface area (Å²) < 4.78 is 5.81. The molecule has 5 N–H and O–H groups in total. The summed E-state index contributed by atoms with van der Waals surface area (Å²) in [5.41, 5.74) is 8.51. The molecule has 0 saturated carbocycles. The minimum absolute atomic E-state index is 0.245. The molecule has 1 aliphatic rings. The number of amides is 1. The van der Waals surface area contributed by atoms with Crippen LogP contribution in [0.3, 0.4) is 0 Å². The molecule has 0 bridgehead atoms. The van der Waals surface area contributed by atoms with Crippen molar-refractivity contribution in [1.82, 2.24) is 5.32 Å². The second-order valence-electron chi connectivity index (χ2n) is 5.81. The van der Waals surface area contributed by atoms with Crippen molar-refractivity contribution < 1.29 is 19.4 Å². The maximum Gasteiger partial charge on any atom is 0.317 e. The summed E-state index contributed by atoms with van der Waals surface area (Å²) in [5.74, 6) is -1.35. The second-order valence-corrected chi connectivity index (χ2v) is 5.81. The van der Waals surface area contributed by atoms with Gasteiger partial charge in [-0.3, -0.25) is 14.9 Å². The Bertz CT molecular complexity index is 779. The number of carboxylic acids is 1. The quantitative estimate of drug-likeness (QED) is 0.593. The van der Waals surface area contributed by atoms with Crippen LogP contribution in [0, 0.1) is 0 Å². The molecule has 3 rings (SSSR count). The van der Waals surface area contributed by atoms with Gasteiger partial charge in [-0.15, -0.1) is 0 Å². The highest BCUT2D eigenvalue weighted by atomic mass is 16.5. The maximum atomic E-state index is 12.5. The van der Waals surface area contributed by atoms with Gasteiger partial charge in [0, 0.05) is 11.4 Å². The van der Waals surface area contributed by atoms with Crippen molar-refractivity contribution in [3.8, 4) is 0 Å². The highest BCUT2D eigenvalue weighted by Gasteiger charge is 2.36. The van der Waals surface area contributed by atoms with Gasteiger partial charge in [-0.25, -0.2) is 0 Å². The number of rotatable bonds is 6. The van der Waals surface area contributed by atoms with Gasteiger partial charge in [-0.05, 0) is 23.3 Å². The fourth-order valence-electron chi connectivity index (χ4n) is 2.82. The molecule has 0 radical (unpaired) electrons. The van der Waals surface area contributed by atoms with Gasteiger partial charge in [0.25, 0.3) is 5.91 Å². The Balaban J connectivity index is 1.84. The number of carbonyl (C=O) groups is 2. The van der Waals surface area contributed by atoms with Crippen LogP contribution in [0.2, 0.25) is 0 Å². The SMILES string of the molecule is Nc1ccc2c(c1)NC(=O)C(OCc1ccccc1)C2NCC(=O)O. The molecule has 1 aliphatic heterocycles. The molecule has 7 nitrogen and oxygen atoms in total. The fourth-order valence-corrected chi connectivity index (χ4v) is 2.82. The third kappa shape index (κ3) is 3.96. The average molecular weight is 341 g/mol. The number of hydrogen-bond acceptors (Lipinski definition) is 5. The molecule has 7 heteroatoms. The number of hydrogen-bond donors (Lipinski definition) is 4. The van der Waals surface area contributed by atoms with Crippen molar-refractivity contribution in [3.63, 3.8) is 0 Å². The molecular formula is C18H19N3O4. The van der Waals surface area contributed by atoms with Gasteiger partial charge in [0.1, 0.15) is 0 Å². The molecule has 0 aromatic heterocycles. The van der Waals surface area contributed by atoms with Crippen LogP contribution >= 0.6 is 0 Å². The predicted octanol–water partition coefficient (Wildman–Crippen LogP) is 1.52. The lowest BCUT2D eigenvalue weighted by molar-refractivity contribution is -0.138. The van der Waals surface area contributed by atoms with Crippen molar-refractivity contribution >= 4 is 23.3 Å². The van der Waals surface area contributed by atoms with Gasteiger partial charge < -0.3 is 20.9 Å². The molecule has 0 spiro atoms. The standard InChI is InChI=1S/C18H19N3O4/c19-12-6-7-13-14(8-12)21-18(24)17(16(13)20-9-15(22)23)25-10-11-4-2-1-3-5-11/h1-8,16-17,20H,9-10,19H2,(H,21,24)(H,22,23). The van der Waals surface area contributed by atoms with E-state index in [0.29, 0.717) is 11.4 Å². The van der Waals surface area contributed by atoms with Gasteiger partial charge in [0.2, 0.25) is 0 Å². The van der Waals surface area contributed by atoms with Crippen molar-refractivity contribution in [2.75, 3.05) is 17.6 Å². The smallest absolute Gasteiger partial charge is 0.317 e. The van der Waals surface area contributed by atoms with E-state index in [9.17, 15) is 9.59 Å². The van der Waals surface area contributed by atoms with Crippen molar-refractivity contribution in [2.24, 2.45) is 0 Å². The predicted molar refractivity (Wildman–Crippen MR) is 92.9 cm³/mol. The lowest BCUT2D eigenvalue weighted by Gasteiger charge is -2.33. The number of nitrogens with two attached hydrogens (primary N) is 1. The van der Waals surface area contributed by atoms with E-state index in [-0.39, 0.29) is 19.1 Å². The van der Waals surface area contributed by atoms with E-state index in [0.717, 1.165) is 11.1 Å². The van der Waals surface area contributed by atoms with E-state index < -0.39 is 18.1 Å². The summed E-state index contributed by atoms with van der Waals surface area (Å²) in [5, 5.41) is 14.6. The number of carboxylic acid groups (broad SMARTS) is 1. The van der Waals surface area contributed by atoms with Crippen LogP contribution in [0.1, 0.15) is 17.2 Å². The number of benzene rings is 2. The van der Waals surface area contributed by atoms with Crippen molar-refractivity contribution in [2.45, 2.75) is 18.8 Å². The monoisotopic (exact) mass is 341 g/mol. The molecule has 130 valence electrons. The number of anilines is 2. The van der Waals surface area contributed by atoms with Crippen LogP contribution < -0.4 is 16.4 Å². The zero-order valence-electron chi connectivity index (χ0n) is 13.4. The van der Waals surface area contributed by atoms with Gasteiger partial charge >= 0.3 is 5.97 Å². The highest BCUT2D eigenvalue weighted by molar-refractivity contribution is 5.98. The summed E-state index contributed by atoms with van der Waals surface area (Å²) in [7, 11) is 0. The summed E-state index contributed by atoms with van der Waals surface area (Å²) in [6, 6.07) is 14.0. The molecule has 2 atom stereocenters. The van der Waals surface area contributed by atoms with E-state index in [4.69, 9.17) is 15.6 Å². The molecule has 0 fully saturated rings. The Morgan fingerprint density at radius 3 is 2.72 bits per heavy atom. The fraction of sp³-hybridized carbons (Fsp3) is 0.222. The van der Waals surface area contributed by atoms with E-state index in [1.807, 2.05) is 30.3 Å². The molecule has 1 heterocycles. The molecule has 25 heavy (non-hydrogen) atoms. The normalized spacial score (nSPS) is 19.1. The third-order valence-corrected chi connectivity index (χ3v) is 3.98. The minimum Gasteiger partial charge on any atom is -0.480 e. The van der Waals surface area contributed by atoms with Gasteiger partial charge in [-0.1, -0.05) is 36.4 Å². The zero-order chi connectivity index (χ0) is 17.8. The van der Waals surface area contributed by atoms with Gasteiger partial charge in [0.05, 0.1) is 19.2 Å². The number of aliphatic carboxylic acids is 1. The number of carbonyl (C=O) groups excluding carboxylic acids is 1. The number of nitrogens with one attached hydrogen (secondary N) is 2.